The first-order valence-corrected chi connectivity index (χ1v) is 7.49. The molecule has 1 aromatic carbocycles. The Bertz CT molecular complexity index is 408. The van der Waals surface area contributed by atoms with Crippen LogP contribution < -0.4 is 5.32 Å². The molecular weight excluding hydrogens is 270 g/mol. The van der Waals surface area contributed by atoms with E-state index in [1.165, 1.54) is 0 Å². The number of hydrogen-bond donors (Lipinski definition) is 1. The number of carbonyl (C=O) groups is 1. The Morgan fingerprint density at radius 1 is 1.50 bits per heavy atom. The summed E-state index contributed by atoms with van der Waals surface area (Å²) in [5, 5.41) is 3.95. The molecule has 0 amide bonds. The van der Waals surface area contributed by atoms with E-state index < -0.39 is 0 Å². The van der Waals surface area contributed by atoms with Gasteiger partial charge in [0.2, 0.25) is 0 Å². The molecule has 0 radical (unpaired) electrons. The molecule has 1 N–H and O–H groups in total. The predicted molar refractivity (Wildman–Crippen MR) is 75.0 cm³/mol. The van der Waals surface area contributed by atoms with Crippen LogP contribution in [0.25, 0.3) is 0 Å². The second kappa shape index (κ2) is 7.02. The Labute approximate surface area is 116 Å². The van der Waals surface area contributed by atoms with E-state index in [9.17, 15) is 4.79 Å². The second-order valence-electron chi connectivity index (χ2n) is 4.18. The standard InChI is InChI=1S/C13H16ClNO2S/c14-12-4-2-1-3-10(12)8-17-13(16)7-11-9-18-6-5-15-11/h1-4,11,15H,5-9H2. The van der Waals surface area contributed by atoms with Gasteiger partial charge in [-0.15, -0.1) is 0 Å². The normalized spacial score (nSPS) is 19.5. The highest BCUT2D eigenvalue weighted by Gasteiger charge is 2.17. The molecule has 18 heavy (non-hydrogen) atoms. The summed E-state index contributed by atoms with van der Waals surface area (Å²) in [5.74, 6) is 1.92. The lowest BCUT2D eigenvalue weighted by Gasteiger charge is -2.22. The molecule has 98 valence electrons. The Balaban J connectivity index is 1.76. The van der Waals surface area contributed by atoms with Gasteiger partial charge in [0.25, 0.3) is 0 Å². The molecule has 1 unspecified atom stereocenters. The van der Waals surface area contributed by atoms with Crippen LogP contribution in [0.5, 0.6) is 0 Å². The van der Waals surface area contributed by atoms with E-state index >= 15 is 0 Å². The summed E-state index contributed by atoms with van der Waals surface area (Å²) in [7, 11) is 0. The molecular formula is C13H16ClNO2S. The Morgan fingerprint density at radius 2 is 2.33 bits per heavy atom. The van der Waals surface area contributed by atoms with E-state index in [1.54, 1.807) is 6.07 Å². The number of esters is 1. The first-order valence-electron chi connectivity index (χ1n) is 5.96. The summed E-state index contributed by atoms with van der Waals surface area (Å²) in [6, 6.07) is 7.64. The molecule has 3 nitrogen and oxygen atoms in total. The minimum Gasteiger partial charge on any atom is -0.461 e. The smallest absolute Gasteiger partial charge is 0.307 e. The van der Waals surface area contributed by atoms with Gasteiger partial charge in [-0.05, 0) is 6.07 Å². The summed E-state index contributed by atoms with van der Waals surface area (Å²) in [5.41, 5.74) is 0.846. The minimum atomic E-state index is -0.171. The van der Waals surface area contributed by atoms with E-state index in [-0.39, 0.29) is 18.6 Å². The summed E-state index contributed by atoms with van der Waals surface area (Å²) < 4.78 is 5.24. The number of ether oxygens (including phenoxy) is 1. The van der Waals surface area contributed by atoms with Crippen molar-refractivity contribution in [1.82, 2.24) is 5.32 Å². The van der Waals surface area contributed by atoms with E-state index in [2.05, 4.69) is 5.32 Å². The summed E-state index contributed by atoms with van der Waals surface area (Å²) in [6.45, 7) is 1.21. The molecule has 1 aliphatic heterocycles. The van der Waals surface area contributed by atoms with Crippen LogP contribution in [0.15, 0.2) is 24.3 Å². The highest BCUT2D eigenvalue weighted by molar-refractivity contribution is 7.99. The maximum atomic E-state index is 11.7. The number of thioether (sulfide) groups is 1. The Morgan fingerprint density at radius 3 is 3.06 bits per heavy atom. The summed E-state index contributed by atoms with van der Waals surface area (Å²) >= 11 is 7.86. The van der Waals surface area contributed by atoms with Crippen LogP contribution in [0.2, 0.25) is 5.02 Å². The van der Waals surface area contributed by atoms with Gasteiger partial charge in [-0.3, -0.25) is 4.79 Å². The van der Waals surface area contributed by atoms with Gasteiger partial charge in [-0.25, -0.2) is 0 Å². The predicted octanol–water partition coefficient (Wildman–Crippen LogP) is 2.48. The third-order valence-corrected chi connectivity index (χ3v) is 4.26. The van der Waals surface area contributed by atoms with Gasteiger partial charge in [0, 0.05) is 34.7 Å². The molecule has 1 atom stereocenters. The third kappa shape index (κ3) is 4.19. The quantitative estimate of drug-likeness (QED) is 0.863. The molecule has 0 spiro atoms. The summed E-state index contributed by atoms with van der Waals surface area (Å²) in [4.78, 5) is 11.7. The van der Waals surface area contributed by atoms with Crippen LogP contribution in [0.4, 0.5) is 0 Å². The number of benzene rings is 1. The van der Waals surface area contributed by atoms with Crippen molar-refractivity contribution in [1.29, 1.82) is 0 Å². The van der Waals surface area contributed by atoms with Crippen molar-refractivity contribution in [3.05, 3.63) is 34.9 Å². The number of nitrogens with one attached hydrogen (secondary N) is 1. The molecule has 1 saturated heterocycles. The van der Waals surface area contributed by atoms with Crippen LogP contribution in [-0.2, 0) is 16.1 Å². The second-order valence-corrected chi connectivity index (χ2v) is 5.74. The fraction of sp³-hybridized carbons (Fsp3) is 0.462. The van der Waals surface area contributed by atoms with Crippen LogP contribution >= 0.6 is 23.4 Å². The van der Waals surface area contributed by atoms with Crippen molar-refractivity contribution in [2.75, 3.05) is 18.1 Å². The fourth-order valence-electron chi connectivity index (χ4n) is 1.78. The molecule has 0 bridgehead atoms. The van der Waals surface area contributed by atoms with Gasteiger partial charge in [-0.2, -0.15) is 11.8 Å². The SMILES string of the molecule is O=C(CC1CSCCN1)OCc1ccccc1Cl. The van der Waals surface area contributed by atoms with Crippen molar-refractivity contribution in [2.45, 2.75) is 19.1 Å². The Kier molecular flexibility index (Phi) is 5.35. The number of halogens is 1. The monoisotopic (exact) mass is 285 g/mol. The van der Waals surface area contributed by atoms with Crippen LogP contribution in [-0.4, -0.2) is 30.1 Å². The molecule has 1 fully saturated rings. The highest BCUT2D eigenvalue weighted by Crippen LogP contribution is 2.16. The Hall–Kier alpha value is -0.710. The van der Waals surface area contributed by atoms with Crippen LogP contribution in [0.1, 0.15) is 12.0 Å². The van der Waals surface area contributed by atoms with Gasteiger partial charge in [0.15, 0.2) is 0 Å². The molecule has 0 aromatic heterocycles. The number of rotatable bonds is 4. The molecule has 1 aromatic rings. The molecule has 1 aliphatic rings. The lowest BCUT2D eigenvalue weighted by atomic mass is 10.2. The van der Waals surface area contributed by atoms with Gasteiger partial charge < -0.3 is 10.1 Å². The molecule has 5 heteroatoms. The summed E-state index contributed by atoms with van der Waals surface area (Å²) in [6.07, 6.45) is 0.428. The lowest BCUT2D eigenvalue weighted by Crippen LogP contribution is -2.39. The maximum Gasteiger partial charge on any atom is 0.307 e. The highest BCUT2D eigenvalue weighted by atomic mass is 35.5. The average molecular weight is 286 g/mol. The first kappa shape index (κ1) is 13.7. The van der Waals surface area contributed by atoms with Gasteiger partial charge >= 0.3 is 5.97 Å². The third-order valence-electron chi connectivity index (χ3n) is 2.76. The van der Waals surface area contributed by atoms with E-state index in [0.717, 1.165) is 23.6 Å². The van der Waals surface area contributed by atoms with Gasteiger partial charge in [-0.1, -0.05) is 29.8 Å². The number of hydrogen-bond acceptors (Lipinski definition) is 4. The van der Waals surface area contributed by atoms with Crippen molar-refractivity contribution in [3.8, 4) is 0 Å². The van der Waals surface area contributed by atoms with Gasteiger partial charge in [0.1, 0.15) is 6.61 Å². The van der Waals surface area contributed by atoms with Crippen LogP contribution in [0.3, 0.4) is 0 Å². The fourth-order valence-corrected chi connectivity index (χ4v) is 2.92. The largest absolute Gasteiger partial charge is 0.461 e. The first-order chi connectivity index (χ1) is 8.75. The zero-order valence-corrected chi connectivity index (χ0v) is 11.6. The lowest BCUT2D eigenvalue weighted by molar-refractivity contribution is -0.145. The molecule has 0 saturated carbocycles. The maximum absolute atomic E-state index is 11.7. The van der Waals surface area contributed by atoms with E-state index in [4.69, 9.17) is 16.3 Å². The number of carbonyl (C=O) groups excluding carboxylic acids is 1. The van der Waals surface area contributed by atoms with Crippen molar-refractivity contribution in [3.63, 3.8) is 0 Å². The minimum absolute atomic E-state index is 0.171. The van der Waals surface area contributed by atoms with E-state index in [0.29, 0.717) is 11.4 Å². The molecule has 2 rings (SSSR count). The topological polar surface area (TPSA) is 38.3 Å². The molecule has 0 aliphatic carbocycles. The zero-order valence-electron chi connectivity index (χ0n) is 10.0. The van der Waals surface area contributed by atoms with Crippen molar-refractivity contribution >= 4 is 29.3 Å². The van der Waals surface area contributed by atoms with Crippen LogP contribution in [0, 0.1) is 0 Å². The van der Waals surface area contributed by atoms with Gasteiger partial charge in [0.05, 0.1) is 6.42 Å². The van der Waals surface area contributed by atoms with E-state index in [1.807, 2.05) is 30.0 Å². The van der Waals surface area contributed by atoms with Crippen molar-refractivity contribution < 1.29 is 9.53 Å². The zero-order chi connectivity index (χ0) is 12.8. The molecule has 1 heterocycles. The average Bonchev–Trinajstić information content (AvgIpc) is 2.39. The van der Waals surface area contributed by atoms with Crippen molar-refractivity contribution in [2.24, 2.45) is 0 Å².